The fourth-order valence-corrected chi connectivity index (χ4v) is 3.95. The van der Waals surface area contributed by atoms with Crippen LogP contribution in [0.2, 0.25) is 0 Å². The van der Waals surface area contributed by atoms with Crippen LogP contribution < -0.4 is 15.4 Å². The first-order valence-electron chi connectivity index (χ1n) is 10.4. The van der Waals surface area contributed by atoms with E-state index in [0.717, 1.165) is 18.7 Å². The smallest absolute Gasteiger partial charge is 0.213 e. The van der Waals surface area contributed by atoms with Crippen molar-refractivity contribution in [3.05, 3.63) is 35.9 Å². The van der Waals surface area contributed by atoms with Gasteiger partial charge in [-0.3, -0.25) is 9.89 Å². The Balaban J connectivity index is 1.79. The number of nitrogens with zero attached hydrogens (tertiary/aromatic N) is 2. The molecule has 1 aromatic rings. The summed E-state index contributed by atoms with van der Waals surface area (Å²) in [6, 6.07) is 9.39. The number of hydrogen-bond acceptors (Lipinski definition) is 6. The van der Waals surface area contributed by atoms with Gasteiger partial charge in [-0.2, -0.15) is 0 Å². The average Bonchev–Trinajstić information content (AvgIpc) is 2.72. The summed E-state index contributed by atoms with van der Waals surface area (Å²) in [4.78, 5) is 6.59. The summed E-state index contributed by atoms with van der Waals surface area (Å²) in [5, 5.41) is 16.8. The highest BCUT2D eigenvalue weighted by Crippen LogP contribution is 2.09. The molecular weight excluding hydrogens is 406 g/mol. The molecule has 30 heavy (non-hydrogen) atoms. The molecule has 1 aliphatic heterocycles. The van der Waals surface area contributed by atoms with E-state index in [9.17, 15) is 13.5 Å². The molecule has 1 saturated heterocycles. The van der Waals surface area contributed by atoms with Crippen molar-refractivity contribution in [2.24, 2.45) is 4.99 Å². The number of benzene rings is 1. The van der Waals surface area contributed by atoms with E-state index in [0.29, 0.717) is 32.3 Å². The van der Waals surface area contributed by atoms with Crippen molar-refractivity contribution < 1.29 is 18.3 Å². The molecule has 0 amide bonds. The van der Waals surface area contributed by atoms with Crippen LogP contribution in [0.4, 0.5) is 0 Å². The maximum atomic E-state index is 12.2. The monoisotopic (exact) mass is 441 g/mol. The number of β-amino-alcohol motifs (C(OH)–C–C–N with tert-alkyl or cyclic N) is 1. The van der Waals surface area contributed by atoms with Crippen molar-refractivity contribution in [3.63, 3.8) is 0 Å². The predicted octanol–water partition coefficient (Wildman–Crippen LogP) is -0.256. The van der Waals surface area contributed by atoms with E-state index in [1.807, 2.05) is 37.3 Å². The highest BCUT2D eigenvalue weighted by molar-refractivity contribution is 7.89. The van der Waals surface area contributed by atoms with E-state index in [4.69, 9.17) is 4.74 Å². The zero-order chi connectivity index (χ0) is 21.9. The van der Waals surface area contributed by atoms with Crippen LogP contribution in [0, 0.1) is 0 Å². The summed E-state index contributed by atoms with van der Waals surface area (Å²) < 4.78 is 32.4. The second kappa shape index (κ2) is 12.2. The van der Waals surface area contributed by atoms with Crippen LogP contribution in [-0.2, 0) is 21.3 Å². The van der Waals surface area contributed by atoms with Gasteiger partial charge in [-0.1, -0.05) is 30.3 Å². The van der Waals surface area contributed by atoms with Crippen LogP contribution in [0.3, 0.4) is 0 Å². The predicted molar refractivity (Wildman–Crippen MR) is 119 cm³/mol. The van der Waals surface area contributed by atoms with E-state index >= 15 is 0 Å². The molecule has 0 saturated carbocycles. The summed E-state index contributed by atoms with van der Waals surface area (Å²) in [6.07, 6.45) is 0. The van der Waals surface area contributed by atoms with Gasteiger partial charge in [0.1, 0.15) is 0 Å². The molecule has 1 heterocycles. The Morgan fingerprint density at radius 2 is 1.93 bits per heavy atom. The molecule has 1 aliphatic rings. The third kappa shape index (κ3) is 9.86. The van der Waals surface area contributed by atoms with Crippen LogP contribution >= 0.6 is 0 Å². The molecule has 9 nitrogen and oxygen atoms in total. The number of hydrogen-bond donors (Lipinski definition) is 4. The SMILES string of the molecule is CCNC(=NCC(C)(O)CN1CCOCC1)NCCS(=O)(=O)NCc1ccccc1. The minimum Gasteiger partial charge on any atom is -0.387 e. The molecule has 170 valence electrons. The maximum absolute atomic E-state index is 12.2. The summed E-state index contributed by atoms with van der Waals surface area (Å²) in [7, 11) is -3.42. The van der Waals surface area contributed by atoms with Crippen LogP contribution in [0.1, 0.15) is 19.4 Å². The van der Waals surface area contributed by atoms with Crippen LogP contribution in [-0.4, -0.2) is 88.2 Å². The third-order valence-electron chi connectivity index (χ3n) is 4.59. The molecule has 0 spiro atoms. The number of morpholine rings is 1. The molecule has 1 aromatic carbocycles. The van der Waals surface area contributed by atoms with Gasteiger partial charge >= 0.3 is 0 Å². The third-order valence-corrected chi connectivity index (χ3v) is 5.92. The second-order valence-electron chi connectivity index (χ2n) is 7.63. The van der Waals surface area contributed by atoms with Gasteiger partial charge in [0.25, 0.3) is 0 Å². The maximum Gasteiger partial charge on any atom is 0.213 e. The number of sulfonamides is 1. The van der Waals surface area contributed by atoms with Gasteiger partial charge in [-0.25, -0.2) is 13.1 Å². The van der Waals surface area contributed by atoms with Crippen molar-refractivity contribution in [1.29, 1.82) is 0 Å². The standard InChI is InChI=1S/C20H35N5O4S/c1-3-21-19(23-16-20(2,26)17-25-10-12-29-13-11-25)22-9-14-30(27,28)24-15-18-7-5-4-6-8-18/h4-8,24,26H,3,9-17H2,1-2H3,(H2,21,22,23). The van der Waals surface area contributed by atoms with E-state index in [-0.39, 0.29) is 25.4 Å². The van der Waals surface area contributed by atoms with E-state index in [2.05, 4.69) is 25.2 Å². The van der Waals surface area contributed by atoms with Crippen molar-refractivity contribution in [3.8, 4) is 0 Å². The lowest BCUT2D eigenvalue weighted by Gasteiger charge is -2.33. The lowest BCUT2D eigenvalue weighted by molar-refractivity contribution is -0.0179. The van der Waals surface area contributed by atoms with Crippen LogP contribution in [0.5, 0.6) is 0 Å². The van der Waals surface area contributed by atoms with Gasteiger partial charge in [-0.15, -0.1) is 0 Å². The largest absolute Gasteiger partial charge is 0.387 e. The molecule has 1 unspecified atom stereocenters. The topological polar surface area (TPSA) is 115 Å². The zero-order valence-electron chi connectivity index (χ0n) is 17.9. The molecule has 10 heteroatoms. The number of rotatable bonds is 11. The Labute approximate surface area is 180 Å². The van der Waals surface area contributed by atoms with Crippen LogP contribution in [0.15, 0.2) is 35.3 Å². The molecular formula is C20H35N5O4S. The Hall–Kier alpha value is -1.72. The van der Waals surface area contributed by atoms with E-state index in [1.54, 1.807) is 6.92 Å². The number of ether oxygens (including phenoxy) is 1. The Morgan fingerprint density at radius 3 is 2.60 bits per heavy atom. The summed E-state index contributed by atoms with van der Waals surface area (Å²) >= 11 is 0. The van der Waals surface area contributed by atoms with Gasteiger partial charge in [0.05, 0.1) is 31.1 Å². The Kier molecular flexibility index (Phi) is 9.99. The Bertz CT molecular complexity index is 750. The molecule has 4 N–H and O–H groups in total. The average molecular weight is 442 g/mol. The van der Waals surface area contributed by atoms with E-state index in [1.165, 1.54) is 0 Å². The molecule has 1 fully saturated rings. The fourth-order valence-electron chi connectivity index (χ4n) is 3.05. The lowest BCUT2D eigenvalue weighted by atomic mass is 10.1. The Morgan fingerprint density at radius 1 is 1.23 bits per heavy atom. The van der Waals surface area contributed by atoms with Gasteiger partial charge in [-0.05, 0) is 19.4 Å². The number of aliphatic hydroxyl groups is 1. The molecule has 0 aliphatic carbocycles. The first-order valence-corrected chi connectivity index (χ1v) is 12.0. The minimum absolute atomic E-state index is 0.0750. The first kappa shape index (κ1) is 24.5. The summed E-state index contributed by atoms with van der Waals surface area (Å²) in [5.41, 5.74) is -0.0744. The van der Waals surface area contributed by atoms with E-state index < -0.39 is 15.6 Å². The fraction of sp³-hybridized carbons (Fsp3) is 0.650. The highest BCUT2D eigenvalue weighted by atomic mass is 32.2. The minimum atomic E-state index is -3.42. The lowest BCUT2D eigenvalue weighted by Crippen LogP contribution is -2.48. The summed E-state index contributed by atoms with van der Waals surface area (Å²) in [6.45, 7) is 8.47. The molecule has 0 bridgehead atoms. The van der Waals surface area contributed by atoms with Crippen LogP contribution in [0.25, 0.3) is 0 Å². The normalized spacial score (nSPS) is 18.0. The number of guanidine groups is 1. The van der Waals surface area contributed by atoms with Crippen molar-refractivity contribution in [2.75, 3.05) is 58.2 Å². The van der Waals surface area contributed by atoms with Gasteiger partial charge in [0, 0.05) is 39.3 Å². The first-order chi connectivity index (χ1) is 14.3. The van der Waals surface area contributed by atoms with Gasteiger partial charge in [0.2, 0.25) is 10.0 Å². The molecule has 2 rings (SSSR count). The second-order valence-corrected chi connectivity index (χ2v) is 9.56. The molecule has 1 atom stereocenters. The number of nitrogens with one attached hydrogen (secondary N) is 3. The molecule has 0 radical (unpaired) electrons. The van der Waals surface area contributed by atoms with Crippen molar-refractivity contribution in [2.45, 2.75) is 26.0 Å². The van der Waals surface area contributed by atoms with Crippen molar-refractivity contribution >= 4 is 16.0 Å². The van der Waals surface area contributed by atoms with Crippen molar-refractivity contribution in [1.82, 2.24) is 20.3 Å². The highest BCUT2D eigenvalue weighted by Gasteiger charge is 2.25. The zero-order valence-corrected chi connectivity index (χ0v) is 18.7. The van der Waals surface area contributed by atoms with Gasteiger partial charge < -0.3 is 20.5 Å². The molecule has 0 aromatic heterocycles. The summed E-state index contributed by atoms with van der Waals surface area (Å²) in [5.74, 6) is 0.409. The quantitative estimate of drug-likeness (QED) is 0.276. The number of aliphatic imine (C=N–C) groups is 1. The van der Waals surface area contributed by atoms with Gasteiger partial charge in [0.15, 0.2) is 5.96 Å².